The molecule has 0 radical (unpaired) electrons. The highest BCUT2D eigenvalue weighted by Gasteiger charge is 2.29. The minimum Gasteiger partial charge on any atom is -0.493 e. The van der Waals surface area contributed by atoms with Gasteiger partial charge in [-0.25, -0.2) is 0 Å². The largest absolute Gasteiger partial charge is 0.493 e. The third kappa shape index (κ3) is 4.74. The van der Waals surface area contributed by atoms with Gasteiger partial charge in [0.05, 0.1) is 23.5 Å². The summed E-state index contributed by atoms with van der Waals surface area (Å²) in [5.41, 5.74) is 1.54. The molecule has 29 heavy (non-hydrogen) atoms. The Labute approximate surface area is 169 Å². The third-order valence-corrected chi connectivity index (χ3v) is 4.56. The predicted octanol–water partition coefficient (Wildman–Crippen LogP) is 3.43. The number of carbonyl (C=O) groups excluding carboxylic acids is 3. The van der Waals surface area contributed by atoms with E-state index in [0.29, 0.717) is 35.6 Å². The highest BCUT2D eigenvalue weighted by molar-refractivity contribution is 6.04. The molecule has 3 rings (SSSR count). The van der Waals surface area contributed by atoms with Crippen LogP contribution in [-0.4, -0.2) is 37.4 Å². The van der Waals surface area contributed by atoms with Crippen molar-refractivity contribution in [2.45, 2.75) is 32.7 Å². The third-order valence-electron chi connectivity index (χ3n) is 4.56. The highest BCUT2D eigenvalue weighted by Crippen LogP contribution is 2.31. The minimum absolute atomic E-state index is 0.148. The molecule has 0 bridgehead atoms. The van der Waals surface area contributed by atoms with Gasteiger partial charge in [-0.05, 0) is 37.6 Å². The number of hydrogen-bond donors (Lipinski definition) is 1. The predicted molar refractivity (Wildman–Crippen MR) is 110 cm³/mol. The quantitative estimate of drug-likeness (QED) is 0.725. The van der Waals surface area contributed by atoms with Crippen LogP contribution < -0.4 is 19.7 Å². The maximum absolute atomic E-state index is 13.0. The zero-order valence-electron chi connectivity index (χ0n) is 16.5. The number of carbonyl (C=O) groups is 3. The van der Waals surface area contributed by atoms with Crippen molar-refractivity contribution in [3.05, 3.63) is 48.0 Å². The van der Waals surface area contributed by atoms with Gasteiger partial charge in [0, 0.05) is 18.5 Å². The van der Waals surface area contributed by atoms with E-state index < -0.39 is 0 Å². The molecule has 0 fully saturated rings. The summed E-state index contributed by atoms with van der Waals surface area (Å²) in [6.07, 6.45) is 1.71. The number of nitrogens with zero attached hydrogens (tertiary/aromatic N) is 1. The Bertz CT molecular complexity index is 912. The summed E-state index contributed by atoms with van der Waals surface area (Å²) in [5, 5.41) is 2.82. The summed E-state index contributed by atoms with van der Waals surface area (Å²) in [7, 11) is 0. The van der Waals surface area contributed by atoms with E-state index in [9.17, 15) is 14.4 Å². The molecule has 0 aromatic heterocycles. The second-order valence-electron chi connectivity index (χ2n) is 6.84. The molecule has 7 heteroatoms. The van der Waals surface area contributed by atoms with E-state index in [-0.39, 0.29) is 36.6 Å². The highest BCUT2D eigenvalue weighted by atomic mass is 16.5. The fourth-order valence-corrected chi connectivity index (χ4v) is 3.22. The molecular weight excluding hydrogens is 372 g/mol. The molecule has 1 aliphatic heterocycles. The summed E-state index contributed by atoms with van der Waals surface area (Å²) in [5.74, 6) is 0.401. The lowest BCUT2D eigenvalue weighted by Crippen LogP contribution is -2.41. The number of anilines is 2. The van der Waals surface area contributed by atoms with E-state index in [2.05, 4.69) is 5.32 Å². The number of ether oxygens (including phenoxy) is 2. The van der Waals surface area contributed by atoms with E-state index in [0.717, 1.165) is 6.42 Å². The lowest BCUT2D eigenvalue weighted by molar-refractivity contribution is -0.121. The molecule has 152 valence electrons. The van der Waals surface area contributed by atoms with E-state index in [1.807, 2.05) is 19.9 Å². The second kappa shape index (κ2) is 9.23. The zero-order chi connectivity index (χ0) is 20.8. The van der Waals surface area contributed by atoms with Gasteiger partial charge >= 0.3 is 0 Å². The summed E-state index contributed by atoms with van der Waals surface area (Å²) < 4.78 is 11.3. The summed E-state index contributed by atoms with van der Waals surface area (Å²) in [6.45, 7) is 4.08. The Morgan fingerprint density at radius 2 is 2.03 bits per heavy atom. The van der Waals surface area contributed by atoms with Crippen molar-refractivity contribution >= 4 is 29.5 Å². The summed E-state index contributed by atoms with van der Waals surface area (Å²) in [4.78, 5) is 38.0. The number of aldehydes is 1. The van der Waals surface area contributed by atoms with Crippen LogP contribution in [0.4, 0.5) is 11.4 Å². The fraction of sp³-hybridized carbons (Fsp3) is 0.318. The van der Waals surface area contributed by atoms with Crippen LogP contribution in [0.2, 0.25) is 0 Å². The Hall–Kier alpha value is -3.35. The van der Waals surface area contributed by atoms with Crippen LogP contribution in [0.1, 0.15) is 37.0 Å². The lowest BCUT2D eigenvalue weighted by Gasteiger charge is -2.27. The van der Waals surface area contributed by atoms with Gasteiger partial charge < -0.3 is 19.7 Å². The number of fused-ring (bicyclic) bond motifs is 1. The first kappa shape index (κ1) is 20.4. The molecule has 0 unspecified atom stereocenters. The van der Waals surface area contributed by atoms with Crippen LogP contribution in [0.25, 0.3) is 0 Å². The SMILES string of the molecule is CCCOc1ccc(C=O)c(OCC(=O)N2c3ccccc3NC(=O)C[C@H]2C)c1. The van der Waals surface area contributed by atoms with Crippen molar-refractivity contribution in [1.82, 2.24) is 0 Å². The van der Waals surface area contributed by atoms with Crippen molar-refractivity contribution in [2.75, 3.05) is 23.4 Å². The molecule has 1 heterocycles. The standard InChI is InChI=1S/C22H24N2O5/c1-3-10-28-17-9-8-16(13-25)20(12-17)29-14-22(27)24-15(2)11-21(26)23-18-6-4-5-7-19(18)24/h4-9,12-13,15H,3,10-11,14H2,1-2H3,(H,23,26)/t15-/m1/s1. The van der Waals surface area contributed by atoms with Crippen molar-refractivity contribution in [1.29, 1.82) is 0 Å². The fourth-order valence-electron chi connectivity index (χ4n) is 3.22. The van der Waals surface area contributed by atoms with E-state index >= 15 is 0 Å². The van der Waals surface area contributed by atoms with Gasteiger partial charge in [-0.15, -0.1) is 0 Å². The molecule has 2 aromatic carbocycles. The average molecular weight is 396 g/mol. The maximum Gasteiger partial charge on any atom is 0.265 e. The lowest BCUT2D eigenvalue weighted by atomic mass is 10.1. The van der Waals surface area contributed by atoms with Gasteiger partial charge in [0.2, 0.25) is 5.91 Å². The van der Waals surface area contributed by atoms with E-state index in [4.69, 9.17) is 9.47 Å². The number of para-hydroxylation sites is 2. The van der Waals surface area contributed by atoms with Crippen molar-refractivity contribution in [2.24, 2.45) is 0 Å². The van der Waals surface area contributed by atoms with Crippen LogP contribution in [0, 0.1) is 0 Å². The summed E-state index contributed by atoms with van der Waals surface area (Å²) >= 11 is 0. The van der Waals surface area contributed by atoms with Gasteiger partial charge in [0.1, 0.15) is 11.5 Å². The number of amides is 2. The van der Waals surface area contributed by atoms with E-state index in [1.165, 1.54) is 0 Å². The number of nitrogens with one attached hydrogen (secondary N) is 1. The Morgan fingerprint density at radius 1 is 1.24 bits per heavy atom. The smallest absolute Gasteiger partial charge is 0.265 e. The first-order chi connectivity index (χ1) is 14.0. The molecule has 0 saturated heterocycles. The molecule has 0 aliphatic carbocycles. The Morgan fingerprint density at radius 3 is 2.79 bits per heavy atom. The molecule has 1 N–H and O–H groups in total. The Kier molecular flexibility index (Phi) is 6.49. The molecule has 1 aliphatic rings. The first-order valence-corrected chi connectivity index (χ1v) is 9.59. The van der Waals surface area contributed by atoms with Crippen LogP contribution in [0.15, 0.2) is 42.5 Å². The molecule has 2 amide bonds. The van der Waals surface area contributed by atoms with Gasteiger partial charge in [0.15, 0.2) is 12.9 Å². The first-order valence-electron chi connectivity index (χ1n) is 9.59. The van der Waals surface area contributed by atoms with Crippen molar-refractivity contribution in [3.8, 4) is 11.5 Å². The van der Waals surface area contributed by atoms with Crippen LogP contribution in [0.5, 0.6) is 11.5 Å². The Balaban J connectivity index is 1.80. The molecule has 0 saturated carbocycles. The normalized spacial score (nSPS) is 15.7. The second-order valence-corrected chi connectivity index (χ2v) is 6.84. The van der Waals surface area contributed by atoms with Crippen LogP contribution >= 0.6 is 0 Å². The molecule has 0 spiro atoms. The number of benzene rings is 2. The van der Waals surface area contributed by atoms with Gasteiger partial charge in [-0.2, -0.15) is 0 Å². The number of hydrogen-bond acceptors (Lipinski definition) is 5. The average Bonchev–Trinajstić information content (AvgIpc) is 2.84. The molecule has 1 atom stereocenters. The number of rotatable bonds is 7. The van der Waals surface area contributed by atoms with Crippen molar-refractivity contribution < 1.29 is 23.9 Å². The monoisotopic (exact) mass is 396 g/mol. The van der Waals surface area contributed by atoms with Gasteiger partial charge in [-0.1, -0.05) is 19.1 Å². The summed E-state index contributed by atoms with van der Waals surface area (Å²) in [6, 6.07) is 11.7. The topological polar surface area (TPSA) is 84.9 Å². The van der Waals surface area contributed by atoms with Crippen molar-refractivity contribution in [3.63, 3.8) is 0 Å². The minimum atomic E-state index is -0.334. The molecule has 7 nitrogen and oxygen atoms in total. The molecule has 2 aromatic rings. The van der Waals surface area contributed by atoms with E-state index in [1.54, 1.807) is 41.3 Å². The van der Waals surface area contributed by atoms with Crippen LogP contribution in [-0.2, 0) is 9.59 Å². The molecular formula is C22H24N2O5. The maximum atomic E-state index is 13.0. The van der Waals surface area contributed by atoms with Gasteiger partial charge in [0.25, 0.3) is 5.91 Å². The van der Waals surface area contributed by atoms with Gasteiger partial charge in [-0.3, -0.25) is 14.4 Å². The zero-order valence-corrected chi connectivity index (χ0v) is 16.5. The van der Waals surface area contributed by atoms with Crippen LogP contribution in [0.3, 0.4) is 0 Å².